The smallest absolute Gasteiger partial charge is 0.168 e. The summed E-state index contributed by atoms with van der Waals surface area (Å²) in [6, 6.07) is 0. The van der Waals surface area contributed by atoms with Crippen LogP contribution in [0.25, 0.3) is 0 Å². The van der Waals surface area contributed by atoms with Crippen LogP contribution in [0.5, 0.6) is 0 Å². The summed E-state index contributed by atoms with van der Waals surface area (Å²) in [7, 11) is 4.31. The molecule has 0 aliphatic carbocycles. The molecule has 0 radical (unpaired) electrons. The van der Waals surface area contributed by atoms with E-state index in [0.717, 1.165) is 32.4 Å². The summed E-state index contributed by atoms with van der Waals surface area (Å²) in [6.45, 7) is 6.42. The third-order valence-electron chi connectivity index (χ3n) is 7.86. The molecular formula is C35H71NO2S4. The molecule has 1 aliphatic heterocycles. The van der Waals surface area contributed by atoms with Gasteiger partial charge in [-0.3, -0.25) is 0 Å². The van der Waals surface area contributed by atoms with Crippen molar-refractivity contribution in [2.75, 3.05) is 73.3 Å². The normalized spacial score (nSPS) is 16.6. The minimum Gasteiger partial charge on any atom is -0.347 e. The lowest BCUT2D eigenvalue weighted by molar-refractivity contribution is -0.180. The molecule has 0 aromatic rings. The fraction of sp³-hybridized carbons (Fsp3) is 1.00. The van der Waals surface area contributed by atoms with Crippen LogP contribution >= 0.6 is 47.0 Å². The number of hydrogen-bond donors (Lipinski definition) is 0. The van der Waals surface area contributed by atoms with Crippen molar-refractivity contribution < 1.29 is 9.47 Å². The minimum absolute atomic E-state index is 0.276. The van der Waals surface area contributed by atoms with Crippen molar-refractivity contribution in [3.05, 3.63) is 0 Å². The molecule has 0 amide bonds. The fourth-order valence-corrected chi connectivity index (χ4v) is 9.35. The molecule has 1 fully saturated rings. The van der Waals surface area contributed by atoms with E-state index < -0.39 is 0 Å². The summed E-state index contributed by atoms with van der Waals surface area (Å²) < 4.78 is 13.1. The first kappa shape index (κ1) is 41.3. The van der Waals surface area contributed by atoms with E-state index >= 15 is 0 Å². The molecule has 0 aromatic carbocycles. The number of thioether (sulfide) groups is 4. The second kappa shape index (κ2) is 30.9. The van der Waals surface area contributed by atoms with Gasteiger partial charge in [-0.25, -0.2) is 0 Å². The van der Waals surface area contributed by atoms with Gasteiger partial charge in [-0.2, -0.15) is 47.0 Å². The van der Waals surface area contributed by atoms with Gasteiger partial charge in [0.2, 0.25) is 0 Å². The molecule has 3 nitrogen and oxygen atoms in total. The van der Waals surface area contributed by atoms with Gasteiger partial charge in [-0.05, 0) is 118 Å². The molecule has 1 heterocycles. The highest BCUT2D eigenvalue weighted by Crippen LogP contribution is 2.35. The van der Waals surface area contributed by atoms with Crippen LogP contribution in [0, 0.1) is 0 Å². The SMILES string of the molecule is CCCSCCCSCCCCCCCCC1(CCCCCCCCSCCCSCCC)OCC(CCN(C)C)O1. The van der Waals surface area contributed by atoms with Gasteiger partial charge in [0.25, 0.3) is 0 Å². The summed E-state index contributed by atoms with van der Waals surface area (Å²) in [5, 5.41) is 0. The second-order valence-corrected chi connectivity index (χ2v) is 17.4. The number of rotatable bonds is 33. The van der Waals surface area contributed by atoms with E-state index in [1.165, 1.54) is 149 Å². The molecule has 0 bridgehead atoms. The summed E-state index contributed by atoms with van der Waals surface area (Å²) in [5.74, 6) is 10.5. The van der Waals surface area contributed by atoms with Gasteiger partial charge >= 0.3 is 0 Å². The van der Waals surface area contributed by atoms with Gasteiger partial charge < -0.3 is 14.4 Å². The van der Waals surface area contributed by atoms with E-state index in [0.29, 0.717) is 0 Å². The molecule has 1 aliphatic rings. The molecule has 0 saturated carbocycles. The van der Waals surface area contributed by atoms with Crippen molar-refractivity contribution in [3.8, 4) is 0 Å². The van der Waals surface area contributed by atoms with Gasteiger partial charge in [0, 0.05) is 19.4 Å². The first-order valence-electron chi connectivity index (χ1n) is 17.9. The van der Waals surface area contributed by atoms with Crippen molar-refractivity contribution in [2.45, 2.75) is 148 Å². The van der Waals surface area contributed by atoms with Gasteiger partial charge in [-0.1, -0.05) is 65.2 Å². The zero-order valence-corrected chi connectivity index (χ0v) is 31.7. The molecule has 252 valence electrons. The average molecular weight is 666 g/mol. The van der Waals surface area contributed by atoms with Crippen LogP contribution in [-0.4, -0.2) is 90.1 Å². The van der Waals surface area contributed by atoms with Crippen molar-refractivity contribution in [3.63, 3.8) is 0 Å². The molecule has 0 N–H and O–H groups in total. The summed E-state index contributed by atoms with van der Waals surface area (Å²) in [4.78, 5) is 2.26. The Balaban J connectivity index is 2.12. The Labute approximate surface area is 281 Å². The highest BCUT2D eigenvalue weighted by molar-refractivity contribution is 8.00. The molecule has 42 heavy (non-hydrogen) atoms. The second-order valence-electron chi connectivity index (χ2n) is 12.5. The molecule has 1 atom stereocenters. The lowest BCUT2D eigenvalue weighted by Crippen LogP contribution is -2.31. The molecule has 1 rings (SSSR count). The maximum absolute atomic E-state index is 6.67. The quantitative estimate of drug-likeness (QED) is 0.0642. The Morgan fingerprint density at radius 2 is 0.952 bits per heavy atom. The van der Waals surface area contributed by atoms with Crippen molar-refractivity contribution in [1.29, 1.82) is 0 Å². The average Bonchev–Trinajstić information content (AvgIpc) is 3.39. The molecule has 1 unspecified atom stereocenters. The van der Waals surface area contributed by atoms with E-state index in [1.54, 1.807) is 0 Å². The lowest BCUT2D eigenvalue weighted by Gasteiger charge is -2.29. The van der Waals surface area contributed by atoms with E-state index in [2.05, 4.69) is 79.9 Å². The topological polar surface area (TPSA) is 21.7 Å². The van der Waals surface area contributed by atoms with Crippen molar-refractivity contribution >= 4 is 47.0 Å². The van der Waals surface area contributed by atoms with Gasteiger partial charge in [-0.15, -0.1) is 0 Å². The zero-order valence-electron chi connectivity index (χ0n) is 28.5. The van der Waals surface area contributed by atoms with Crippen LogP contribution in [-0.2, 0) is 9.47 Å². The van der Waals surface area contributed by atoms with Crippen LogP contribution in [0.1, 0.15) is 136 Å². The number of hydrogen-bond acceptors (Lipinski definition) is 7. The molecule has 0 aromatic heterocycles. The Hall–Kier alpha value is 1.28. The highest BCUT2D eigenvalue weighted by atomic mass is 32.2. The Morgan fingerprint density at radius 3 is 1.40 bits per heavy atom. The van der Waals surface area contributed by atoms with Crippen LogP contribution in [0.3, 0.4) is 0 Å². The number of nitrogens with zero attached hydrogens (tertiary/aromatic N) is 1. The lowest BCUT2D eigenvalue weighted by atomic mass is 9.99. The van der Waals surface area contributed by atoms with Gasteiger partial charge in [0.05, 0.1) is 12.7 Å². The van der Waals surface area contributed by atoms with Crippen LogP contribution < -0.4 is 0 Å². The van der Waals surface area contributed by atoms with E-state index in [1.807, 2.05) is 0 Å². The van der Waals surface area contributed by atoms with Crippen LogP contribution in [0.2, 0.25) is 0 Å². The van der Waals surface area contributed by atoms with Gasteiger partial charge in [0.1, 0.15) is 0 Å². The predicted molar refractivity (Wildman–Crippen MR) is 200 cm³/mol. The Bertz CT molecular complexity index is 523. The molecule has 0 spiro atoms. The monoisotopic (exact) mass is 665 g/mol. The van der Waals surface area contributed by atoms with Crippen molar-refractivity contribution in [1.82, 2.24) is 4.90 Å². The summed E-state index contributed by atoms with van der Waals surface area (Å²) >= 11 is 8.59. The summed E-state index contributed by atoms with van der Waals surface area (Å²) in [6.07, 6.45) is 25.2. The third kappa shape index (κ3) is 25.5. The third-order valence-corrected chi connectivity index (χ3v) is 12.7. The number of ether oxygens (including phenoxy) is 2. The fourth-order valence-electron chi connectivity index (χ4n) is 5.38. The van der Waals surface area contributed by atoms with Crippen LogP contribution in [0.4, 0.5) is 0 Å². The van der Waals surface area contributed by atoms with Crippen LogP contribution in [0.15, 0.2) is 0 Å². The first-order valence-corrected chi connectivity index (χ1v) is 22.5. The standard InChI is InChI=1S/C35H71NO2S4/c1-5-25-39-29-19-31-41-27-17-13-9-7-11-15-22-35(37-33-34(38-35)21-24-36(3)4)23-16-12-8-10-14-18-28-42-32-20-30-40-26-6-2/h34H,5-33H2,1-4H3. The van der Waals surface area contributed by atoms with Crippen molar-refractivity contribution in [2.24, 2.45) is 0 Å². The maximum Gasteiger partial charge on any atom is 0.168 e. The molecular weight excluding hydrogens is 595 g/mol. The summed E-state index contributed by atoms with van der Waals surface area (Å²) in [5.41, 5.74) is 0. The minimum atomic E-state index is -0.297. The first-order chi connectivity index (χ1) is 20.6. The largest absolute Gasteiger partial charge is 0.347 e. The highest BCUT2D eigenvalue weighted by Gasteiger charge is 2.40. The maximum atomic E-state index is 6.67. The van der Waals surface area contributed by atoms with E-state index in [4.69, 9.17) is 9.47 Å². The Kier molecular flexibility index (Phi) is 30.4. The Morgan fingerprint density at radius 1 is 0.548 bits per heavy atom. The predicted octanol–water partition coefficient (Wildman–Crippen LogP) is 11.0. The molecule has 7 heteroatoms. The zero-order chi connectivity index (χ0) is 30.4. The van der Waals surface area contributed by atoms with E-state index in [-0.39, 0.29) is 11.9 Å². The number of unbranched alkanes of at least 4 members (excludes halogenated alkanes) is 10. The van der Waals surface area contributed by atoms with E-state index in [9.17, 15) is 0 Å². The van der Waals surface area contributed by atoms with Gasteiger partial charge in [0.15, 0.2) is 5.79 Å². The molecule has 1 saturated heterocycles.